The quantitative estimate of drug-likeness (QED) is 0.426. The Morgan fingerprint density at radius 2 is 1.67 bits per heavy atom. The number of hydrogen-bond donors (Lipinski definition) is 0. The van der Waals surface area contributed by atoms with E-state index >= 15 is 0 Å². The largest absolute Gasteiger partial charge is 0.462 e. The van der Waals surface area contributed by atoms with Crippen LogP contribution < -0.4 is 4.90 Å². The predicted octanol–water partition coefficient (Wildman–Crippen LogP) is 4.17. The fourth-order valence-electron chi connectivity index (χ4n) is 2.73. The molecule has 1 heterocycles. The number of esters is 1. The van der Waals surface area contributed by atoms with Gasteiger partial charge in [-0.25, -0.2) is 9.69 Å². The molecule has 0 N–H and O–H groups in total. The number of imide groups is 1. The molecule has 0 radical (unpaired) electrons. The third kappa shape index (κ3) is 3.78. The minimum atomic E-state index is -0.584. The number of benzene rings is 2. The lowest BCUT2D eigenvalue weighted by Gasteiger charge is -2.15. The molecule has 0 atom stereocenters. The highest BCUT2D eigenvalue weighted by atomic mass is 35.5. The van der Waals surface area contributed by atoms with Gasteiger partial charge in [-0.2, -0.15) is 0 Å². The van der Waals surface area contributed by atoms with E-state index in [2.05, 4.69) is 0 Å². The summed E-state index contributed by atoms with van der Waals surface area (Å²) in [6.45, 7) is 2.37. The zero-order valence-electron chi connectivity index (χ0n) is 14.8. The van der Waals surface area contributed by atoms with Crippen molar-refractivity contribution in [3.63, 3.8) is 0 Å². The summed E-state index contributed by atoms with van der Waals surface area (Å²) in [6.07, 6.45) is 1.73. The molecular formula is C21H18ClNO4. The number of unbranched alkanes of at least 4 members (excludes halogenated alkanes) is 1. The molecule has 1 aliphatic rings. The Bertz CT molecular complexity index is 904. The van der Waals surface area contributed by atoms with Crippen LogP contribution in [0.3, 0.4) is 0 Å². The number of nitrogens with zero attached hydrogens (tertiary/aromatic N) is 1. The molecule has 0 saturated heterocycles. The van der Waals surface area contributed by atoms with Crippen molar-refractivity contribution in [1.82, 2.24) is 0 Å². The van der Waals surface area contributed by atoms with Gasteiger partial charge in [0.05, 0.1) is 23.4 Å². The number of rotatable bonds is 6. The van der Waals surface area contributed by atoms with Crippen LogP contribution in [0.2, 0.25) is 0 Å². The van der Waals surface area contributed by atoms with Gasteiger partial charge in [0.25, 0.3) is 11.8 Å². The first-order chi connectivity index (χ1) is 13.0. The molecule has 0 bridgehead atoms. The van der Waals surface area contributed by atoms with E-state index in [0.717, 1.165) is 17.7 Å². The number of halogens is 1. The summed E-state index contributed by atoms with van der Waals surface area (Å²) in [5, 5.41) is -0.116. The van der Waals surface area contributed by atoms with Crippen LogP contribution in [0.4, 0.5) is 5.69 Å². The molecule has 2 aromatic rings. The van der Waals surface area contributed by atoms with Crippen LogP contribution >= 0.6 is 11.6 Å². The molecule has 6 heteroatoms. The highest BCUT2D eigenvalue weighted by molar-refractivity contribution is 6.60. The molecule has 0 aliphatic carbocycles. The molecule has 1 aliphatic heterocycles. The van der Waals surface area contributed by atoms with Crippen molar-refractivity contribution in [3.05, 3.63) is 70.8 Å². The number of carbonyl (C=O) groups excluding carboxylic acids is 3. The van der Waals surface area contributed by atoms with Gasteiger partial charge in [-0.1, -0.05) is 55.3 Å². The second kappa shape index (κ2) is 8.18. The van der Waals surface area contributed by atoms with E-state index in [1.165, 1.54) is 24.3 Å². The lowest BCUT2D eigenvalue weighted by atomic mass is 10.1. The first-order valence-electron chi connectivity index (χ1n) is 8.65. The van der Waals surface area contributed by atoms with Gasteiger partial charge in [0.1, 0.15) is 5.03 Å². The van der Waals surface area contributed by atoms with E-state index < -0.39 is 17.8 Å². The topological polar surface area (TPSA) is 63.7 Å². The van der Waals surface area contributed by atoms with Crippen LogP contribution in [0, 0.1) is 0 Å². The van der Waals surface area contributed by atoms with Crippen molar-refractivity contribution in [2.45, 2.75) is 19.8 Å². The van der Waals surface area contributed by atoms with Gasteiger partial charge in [-0.15, -0.1) is 0 Å². The Labute approximate surface area is 162 Å². The van der Waals surface area contributed by atoms with Crippen molar-refractivity contribution < 1.29 is 19.1 Å². The van der Waals surface area contributed by atoms with Crippen molar-refractivity contribution in [3.8, 4) is 0 Å². The molecule has 2 aromatic carbocycles. The Balaban J connectivity index is 1.81. The van der Waals surface area contributed by atoms with Crippen LogP contribution in [-0.2, 0) is 14.3 Å². The summed E-state index contributed by atoms with van der Waals surface area (Å²) < 4.78 is 5.15. The normalized spacial score (nSPS) is 14.1. The lowest BCUT2D eigenvalue weighted by Crippen LogP contribution is -2.31. The van der Waals surface area contributed by atoms with E-state index in [9.17, 15) is 14.4 Å². The molecular weight excluding hydrogens is 366 g/mol. The molecule has 0 spiro atoms. The second-order valence-electron chi connectivity index (χ2n) is 6.04. The Kier molecular flexibility index (Phi) is 5.72. The molecule has 0 saturated carbocycles. The average molecular weight is 384 g/mol. The molecule has 138 valence electrons. The van der Waals surface area contributed by atoms with Crippen LogP contribution in [0.25, 0.3) is 5.57 Å². The zero-order chi connectivity index (χ0) is 19.4. The van der Waals surface area contributed by atoms with Gasteiger partial charge in [-0.05, 0) is 36.2 Å². The molecule has 0 fully saturated rings. The van der Waals surface area contributed by atoms with Gasteiger partial charge >= 0.3 is 5.97 Å². The summed E-state index contributed by atoms with van der Waals surface area (Å²) in [6, 6.07) is 14.9. The monoisotopic (exact) mass is 383 g/mol. The standard InChI is InChI=1S/C21H18ClNO4/c1-2-3-13-27-21(26)15-9-11-16(12-10-15)23-19(24)17(18(22)20(23)25)14-7-5-4-6-8-14/h4-12H,2-3,13H2,1H3. The Hall–Kier alpha value is -2.92. The minimum Gasteiger partial charge on any atom is -0.462 e. The van der Waals surface area contributed by atoms with Crippen LogP contribution in [0.5, 0.6) is 0 Å². The van der Waals surface area contributed by atoms with Crippen molar-refractivity contribution in [2.24, 2.45) is 0 Å². The van der Waals surface area contributed by atoms with Crippen LogP contribution in [-0.4, -0.2) is 24.4 Å². The van der Waals surface area contributed by atoms with Gasteiger partial charge in [0.2, 0.25) is 0 Å². The predicted molar refractivity (Wildman–Crippen MR) is 103 cm³/mol. The number of amides is 2. The third-order valence-corrected chi connectivity index (χ3v) is 4.53. The summed E-state index contributed by atoms with van der Waals surface area (Å²) in [5.41, 5.74) is 1.46. The highest BCUT2D eigenvalue weighted by Crippen LogP contribution is 2.34. The fourth-order valence-corrected chi connectivity index (χ4v) is 3.01. The van der Waals surface area contributed by atoms with Gasteiger partial charge in [0, 0.05) is 0 Å². The Morgan fingerprint density at radius 1 is 1.00 bits per heavy atom. The van der Waals surface area contributed by atoms with E-state index in [1.807, 2.05) is 13.0 Å². The Morgan fingerprint density at radius 3 is 2.30 bits per heavy atom. The van der Waals surface area contributed by atoms with Crippen molar-refractivity contribution in [1.29, 1.82) is 0 Å². The van der Waals surface area contributed by atoms with E-state index in [-0.39, 0.29) is 10.6 Å². The molecule has 2 amide bonds. The molecule has 0 aromatic heterocycles. The van der Waals surface area contributed by atoms with Gasteiger partial charge in [0.15, 0.2) is 0 Å². The first kappa shape index (κ1) is 18.9. The number of ether oxygens (including phenoxy) is 1. The fraction of sp³-hybridized carbons (Fsp3) is 0.190. The van der Waals surface area contributed by atoms with Crippen molar-refractivity contribution in [2.75, 3.05) is 11.5 Å². The molecule has 27 heavy (non-hydrogen) atoms. The minimum absolute atomic E-state index is 0.116. The number of hydrogen-bond acceptors (Lipinski definition) is 4. The summed E-state index contributed by atoms with van der Waals surface area (Å²) in [7, 11) is 0. The summed E-state index contributed by atoms with van der Waals surface area (Å²) >= 11 is 6.15. The molecule has 5 nitrogen and oxygen atoms in total. The van der Waals surface area contributed by atoms with Gasteiger partial charge < -0.3 is 4.74 Å². The maximum absolute atomic E-state index is 12.8. The second-order valence-corrected chi connectivity index (χ2v) is 6.42. The first-order valence-corrected chi connectivity index (χ1v) is 9.03. The van der Waals surface area contributed by atoms with E-state index in [0.29, 0.717) is 23.4 Å². The summed E-state index contributed by atoms with van der Waals surface area (Å²) in [5.74, 6) is -1.51. The van der Waals surface area contributed by atoms with E-state index in [4.69, 9.17) is 16.3 Å². The maximum Gasteiger partial charge on any atom is 0.338 e. The lowest BCUT2D eigenvalue weighted by molar-refractivity contribution is -0.119. The van der Waals surface area contributed by atoms with Crippen LogP contribution in [0.1, 0.15) is 35.7 Å². The number of anilines is 1. The number of carbonyl (C=O) groups is 3. The molecule has 3 rings (SSSR count). The third-order valence-electron chi connectivity index (χ3n) is 4.18. The van der Waals surface area contributed by atoms with Crippen LogP contribution in [0.15, 0.2) is 59.6 Å². The average Bonchev–Trinajstić information content (AvgIpc) is 2.91. The molecule has 0 unspecified atom stereocenters. The SMILES string of the molecule is CCCCOC(=O)c1ccc(N2C(=O)C(Cl)=C(c3ccccc3)C2=O)cc1. The van der Waals surface area contributed by atoms with Gasteiger partial charge in [-0.3, -0.25) is 9.59 Å². The smallest absolute Gasteiger partial charge is 0.338 e. The van der Waals surface area contributed by atoms with E-state index in [1.54, 1.807) is 24.3 Å². The summed E-state index contributed by atoms with van der Waals surface area (Å²) in [4.78, 5) is 38.3. The zero-order valence-corrected chi connectivity index (χ0v) is 15.5. The maximum atomic E-state index is 12.8. The highest BCUT2D eigenvalue weighted by Gasteiger charge is 2.39. The van der Waals surface area contributed by atoms with Crippen molar-refractivity contribution >= 4 is 40.6 Å².